The quantitative estimate of drug-likeness (QED) is 0.457. The van der Waals surface area contributed by atoms with E-state index in [2.05, 4.69) is 31.9 Å². The summed E-state index contributed by atoms with van der Waals surface area (Å²) in [5.41, 5.74) is -1.68. The average molecular weight is 505 g/mol. The number of hydrogen-bond acceptors (Lipinski definition) is 5. The second kappa shape index (κ2) is 5.82. The molecule has 5 rings (SSSR count). The van der Waals surface area contributed by atoms with Crippen LogP contribution in [-0.4, -0.2) is 52.2 Å². The van der Waals surface area contributed by atoms with Gasteiger partial charge in [0.1, 0.15) is 11.4 Å². The lowest BCUT2D eigenvalue weighted by Crippen LogP contribution is -2.59. The first-order valence-electron chi connectivity index (χ1n) is 8.67. The van der Waals surface area contributed by atoms with E-state index in [0.29, 0.717) is 18.9 Å². The minimum absolute atomic E-state index is 0.219. The Kier molecular flexibility index (Phi) is 3.92. The number of carbonyl (C=O) groups is 2. The number of anilines is 1. The Labute approximate surface area is 171 Å². The molecule has 4 aliphatic rings. The van der Waals surface area contributed by atoms with E-state index in [1.165, 1.54) is 24.3 Å². The van der Waals surface area contributed by atoms with Gasteiger partial charge < -0.3 is 14.2 Å². The lowest BCUT2D eigenvalue weighted by molar-refractivity contribution is -0.200. The highest BCUT2D eigenvalue weighted by Crippen LogP contribution is 2.66. The molecule has 9 heteroatoms. The first-order valence-corrected chi connectivity index (χ1v) is 10.5. The predicted molar refractivity (Wildman–Crippen MR) is 99.2 cm³/mol. The second-order valence-corrected chi connectivity index (χ2v) is 9.43. The van der Waals surface area contributed by atoms with Crippen LogP contribution in [0.2, 0.25) is 0 Å². The Balaban J connectivity index is 1.63. The first-order chi connectivity index (χ1) is 12.8. The fourth-order valence-electron chi connectivity index (χ4n) is 4.97. The van der Waals surface area contributed by atoms with E-state index < -0.39 is 35.1 Å². The Morgan fingerprint density at radius 2 is 1.63 bits per heavy atom. The minimum Gasteiger partial charge on any atom is -0.359 e. The molecule has 144 valence electrons. The molecule has 0 unspecified atom stereocenters. The maximum Gasteiger partial charge on any atom is 0.240 e. The summed E-state index contributed by atoms with van der Waals surface area (Å²) in [5.74, 6) is -2.58. The molecule has 0 aromatic heterocycles. The molecule has 4 fully saturated rings. The van der Waals surface area contributed by atoms with Crippen LogP contribution in [0.25, 0.3) is 0 Å². The van der Waals surface area contributed by atoms with Crippen molar-refractivity contribution in [1.29, 1.82) is 0 Å². The zero-order valence-corrected chi connectivity index (χ0v) is 17.4. The Hall–Kier alpha value is -0.870. The number of nitrogens with zero attached hydrogens (tertiary/aromatic N) is 1. The van der Waals surface area contributed by atoms with E-state index in [1.807, 2.05) is 6.92 Å². The van der Waals surface area contributed by atoms with Crippen LogP contribution in [0, 0.1) is 17.7 Å². The molecule has 0 spiro atoms. The van der Waals surface area contributed by atoms with Crippen LogP contribution in [0.3, 0.4) is 0 Å². The summed E-state index contributed by atoms with van der Waals surface area (Å²) < 4.78 is 31.2. The fraction of sp³-hybridized carbons (Fsp3) is 0.556. The van der Waals surface area contributed by atoms with Crippen molar-refractivity contribution in [2.45, 2.75) is 34.1 Å². The van der Waals surface area contributed by atoms with Crippen LogP contribution in [0.15, 0.2) is 24.3 Å². The Bertz CT molecular complexity index is 828. The van der Waals surface area contributed by atoms with Crippen molar-refractivity contribution in [3.8, 4) is 0 Å². The number of carbonyl (C=O) groups excluding carboxylic acids is 2. The highest BCUT2D eigenvalue weighted by Gasteiger charge is 2.82. The van der Waals surface area contributed by atoms with Crippen molar-refractivity contribution < 1.29 is 28.2 Å². The number of ether oxygens (including phenoxy) is 3. The van der Waals surface area contributed by atoms with Crippen molar-refractivity contribution in [2.75, 3.05) is 18.1 Å². The maximum atomic E-state index is 13.4. The highest BCUT2D eigenvalue weighted by atomic mass is 79.9. The van der Waals surface area contributed by atoms with E-state index in [4.69, 9.17) is 14.2 Å². The van der Waals surface area contributed by atoms with Crippen LogP contribution in [0.5, 0.6) is 0 Å². The van der Waals surface area contributed by atoms with Gasteiger partial charge in [-0.15, -0.1) is 0 Å². The molecule has 4 heterocycles. The van der Waals surface area contributed by atoms with Crippen molar-refractivity contribution >= 4 is 49.4 Å². The summed E-state index contributed by atoms with van der Waals surface area (Å²) in [6.45, 7) is 2.64. The molecule has 0 radical (unpaired) electrons. The zero-order valence-electron chi connectivity index (χ0n) is 14.2. The standard InChI is InChI=1S/C18H16Br2FNO5/c1-17-10-11(15(24)22(14(10)23)9-4-2-8(21)3-5-9)18(27-17,13(20)12(17)19)16-25-6-7-26-16/h2-5,10-13,16H,6-7H2,1H3/t10-,11-,12+,13-,17+,18-/m1/s1. The summed E-state index contributed by atoms with van der Waals surface area (Å²) >= 11 is 7.32. The van der Waals surface area contributed by atoms with Crippen LogP contribution in [0.4, 0.5) is 10.1 Å². The normalized spacial score (nSPS) is 43.8. The Morgan fingerprint density at radius 3 is 2.26 bits per heavy atom. The summed E-state index contributed by atoms with van der Waals surface area (Å²) in [4.78, 5) is 27.4. The number of benzene rings is 1. The molecule has 4 saturated heterocycles. The molecule has 0 aliphatic carbocycles. The van der Waals surface area contributed by atoms with Gasteiger partial charge in [-0.3, -0.25) is 9.59 Å². The molecule has 2 amide bonds. The number of halogens is 3. The number of hydrogen-bond donors (Lipinski definition) is 0. The molecule has 27 heavy (non-hydrogen) atoms. The van der Waals surface area contributed by atoms with Gasteiger partial charge in [0.15, 0.2) is 6.29 Å². The maximum absolute atomic E-state index is 13.4. The largest absolute Gasteiger partial charge is 0.359 e. The van der Waals surface area contributed by atoms with E-state index >= 15 is 0 Å². The molecule has 6 atom stereocenters. The number of fused-ring (bicyclic) bond motifs is 5. The third kappa shape index (κ3) is 2.09. The third-order valence-electron chi connectivity index (χ3n) is 6.12. The van der Waals surface area contributed by atoms with Gasteiger partial charge in [0.25, 0.3) is 0 Å². The molecule has 1 aromatic rings. The number of alkyl halides is 2. The van der Waals surface area contributed by atoms with Gasteiger partial charge >= 0.3 is 0 Å². The third-order valence-corrected chi connectivity index (χ3v) is 9.51. The van der Waals surface area contributed by atoms with Crippen molar-refractivity contribution in [2.24, 2.45) is 11.8 Å². The number of imide groups is 1. The topological polar surface area (TPSA) is 65.1 Å². The van der Waals surface area contributed by atoms with Crippen molar-refractivity contribution in [3.05, 3.63) is 30.1 Å². The smallest absolute Gasteiger partial charge is 0.240 e. The van der Waals surface area contributed by atoms with Crippen LogP contribution in [-0.2, 0) is 23.8 Å². The SMILES string of the molecule is C[C@@]12O[C@@](C3OCCO3)([C@H](Br)[C@@H]1Br)[C@H]1C(=O)N(c3ccc(F)cc3)C(=O)[C@@H]12. The molecular formula is C18H16Br2FNO5. The molecule has 0 saturated carbocycles. The van der Waals surface area contributed by atoms with Crippen LogP contribution >= 0.6 is 31.9 Å². The predicted octanol–water partition coefficient (Wildman–Crippen LogP) is 2.37. The van der Waals surface area contributed by atoms with E-state index in [9.17, 15) is 14.0 Å². The summed E-state index contributed by atoms with van der Waals surface area (Å²) in [6, 6.07) is 5.33. The number of amides is 2. The number of rotatable bonds is 2. The van der Waals surface area contributed by atoms with Crippen molar-refractivity contribution in [1.82, 2.24) is 0 Å². The van der Waals surface area contributed by atoms with Crippen molar-refractivity contribution in [3.63, 3.8) is 0 Å². The molecule has 6 nitrogen and oxygen atoms in total. The fourth-order valence-corrected chi connectivity index (χ4v) is 6.88. The van der Waals surface area contributed by atoms with E-state index in [0.717, 1.165) is 4.90 Å². The van der Waals surface area contributed by atoms with Gasteiger partial charge in [0.05, 0.1) is 46.0 Å². The van der Waals surface area contributed by atoms with Gasteiger partial charge in [-0.2, -0.15) is 0 Å². The van der Waals surface area contributed by atoms with E-state index in [-0.39, 0.29) is 21.5 Å². The summed E-state index contributed by atoms with van der Waals surface area (Å²) in [7, 11) is 0. The van der Waals surface area contributed by atoms with Gasteiger partial charge in [-0.25, -0.2) is 9.29 Å². The van der Waals surface area contributed by atoms with Gasteiger partial charge in [0.2, 0.25) is 11.8 Å². The average Bonchev–Trinajstić information content (AvgIpc) is 3.36. The lowest BCUT2D eigenvalue weighted by Gasteiger charge is -2.39. The van der Waals surface area contributed by atoms with Gasteiger partial charge in [-0.05, 0) is 31.2 Å². The molecule has 2 bridgehead atoms. The minimum atomic E-state index is -1.12. The second-order valence-electron chi connectivity index (χ2n) is 7.46. The van der Waals surface area contributed by atoms with Gasteiger partial charge in [0, 0.05) is 0 Å². The first kappa shape index (κ1) is 18.2. The Morgan fingerprint density at radius 1 is 1.04 bits per heavy atom. The summed E-state index contributed by atoms with van der Waals surface area (Å²) in [6.07, 6.45) is -0.747. The van der Waals surface area contributed by atoms with E-state index in [1.54, 1.807) is 0 Å². The lowest BCUT2D eigenvalue weighted by atomic mass is 9.67. The highest BCUT2D eigenvalue weighted by molar-refractivity contribution is 9.12. The zero-order chi connectivity index (χ0) is 19.1. The summed E-state index contributed by atoms with van der Waals surface area (Å²) in [5, 5.41) is 0. The van der Waals surface area contributed by atoms with Gasteiger partial charge in [-0.1, -0.05) is 31.9 Å². The molecular weight excluding hydrogens is 489 g/mol. The molecule has 4 aliphatic heterocycles. The molecule has 1 aromatic carbocycles. The van der Waals surface area contributed by atoms with Crippen LogP contribution < -0.4 is 4.90 Å². The monoisotopic (exact) mass is 503 g/mol. The van der Waals surface area contributed by atoms with Crippen LogP contribution in [0.1, 0.15) is 6.92 Å². The molecule has 0 N–H and O–H groups in total.